The molecule has 2 aromatic carbocycles. The van der Waals surface area contributed by atoms with E-state index in [-0.39, 0.29) is 24.2 Å². The summed E-state index contributed by atoms with van der Waals surface area (Å²) in [6.45, 7) is 2.20. The predicted octanol–water partition coefficient (Wildman–Crippen LogP) is 2.23. The van der Waals surface area contributed by atoms with E-state index in [4.69, 9.17) is 0 Å². The molecule has 0 aromatic heterocycles. The molecule has 0 unspecified atom stereocenters. The van der Waals surface area contributed by atoms with Gasteiger partial charge >= 0.3 is 0 Å². The first-order chi connectivity index (χ1) is 10.1. The fraction of sp³-hybridized carbons (Fsp3) is 0.188. The van der Waals surface area contributed by atoms with Gasteiger partial charge in [0.1, 0.15) is 6.04 Å². The van der Waals surface area contributed by atoms with Gasteiger partial charge in [0.15, 0.2) is 18.2 Å². The molecule has 21 heavy (non-hydrogen) atoms. The van der Waals surface area contributed by atoms with E-state index in [2.05, 4.69) is 5.32 Å². The van der Waals surface area contributed by atoms with Crippen LogP contribution in [0, 0.1) is 11.6 Å². The van der Waals surface area contributed by atoms with Gasteiger partial charge in [0.05, 0.1) is 0 Å². The minimum absolute atomic E-state index is 0.141. The highest BCUT2D eigenvalue weighted by Crippen LogP contribution is 2.12. The van der Waals surface area contributed by atoms with Crippen molar-refractivity contribution in [2.24, 2.45) is 0 Å². The average Bonchev–Trinajstić information content (AvgIpc) is 2.49. The fourth-order valence-electron chi connectivity index (χ4n) is 1.96. The van der Waals surface area contributed by atoms with Crippen LogP contribution in [-0.2, 0) is 4.79 Å². The number of anilines is 1. The van der Waals surface area contributed by atoms with Gasteiger partial charge in [-0.2, -0.15) is 0 Å². The maximum absolute atomic E-state index is 13.0. The Morgan fingerprint density at radius 1 is 1.14 bits per heavy atom. The number of quaternary nitrogens is 1. The van der Waals surface area contributed by atoms with Crippen molar-refractivity contribution in [3.05, 3.63) is 65.7 Å². The van der Waals surface area contributed by atoms with Crippen LogP contribution in [0.4, 0.5) is 14.5 Å². The molecule has 3 nitrogen and oxygen atoms in total. The zero-order valence-corrected chi connectivity index (χ0v) is 11.6. The minimum atomic E-state index is -0.977. The molecule has 2 aromatic rings. The Morgan fingerprint density at radius 3 is 2.52 bits per heavy atom. The van der Waals surface area contributed by atoms with Gasteiger partial charge in [-0.25, -0.2) is 8.78 Å². The lowest BCUT2D eigenvalue weighted by Crippen LogP contribution is -2.86. The van der Waals surface area contributed by atoms with Crippen molar-refractivity contribution in [1.82, 2.24) is 0 Å². The molecule has 0 spiro atoms. The summed E-state index contributed by atoms with van der Waals surface area (Å²) in [6.07, 6.45) is 0. The van der Waals surface area contributed by atoms with Crippen LogP contribution in [0.5, 0.6) is 0 Å². The first-order valence-electron chi connectivity index (χ1n) is 6.69. The van der Waals surface area contributed by atoms with Gasteiger partial charge in [-0.3, -0.25) is 4.79 Å². The maximum Gasteiger partial charge on any atom is 0.279 e. The van der Waals surface area contributed by atoms with Crippen LogP contribution in [0.3, 0.4) is 0 Å². The van der Waals surface area contributed by atoms with Crippen molar-refractivity contribution in [3.63, 3.8) is 0 Å². The third-order valence-electron chi connectivity index (χ3n) is 3.19. The molecule has 0 aliphatic heterocycles. The number of hydrogen-bond donors (Lipinski definition) is 2. The zero-order valence-electron chi connectivity index (χ0n) is 11.6. The first-order valence-corrected chi connectivity index (χ1v) is 6.69. The van der Waals surface area contributed by atoms with Gasteiger partial charge in [0, 0.05) is 17.3 Å². The highest BCUT2D eigenvalue weighted by molar-refractivity contribution is 5.91. The SMILES string of the molecule is C[C@@H]([NH2+]CC(=O)Nc1ccc(F)c(F)c1)c1ccccc1. The van der Waals surface area contributed by atoms with E-state index in [1.807, 2.05) is 42.6 Å². The number of amides is 1. The normalized spacial score (nSPS) is 12.0. The van der Waals surface area contributed by atoms with Crippen molar-refractivity contribution in [1.29, 1.82) is 0 Å². The van der Waals surface area contributed by atoms with Crippen LogP contribution in [0.25, 0.3) is 0 Å². The molecule has 1 atom stereocenters. The second-order valence-electron chi connectivity index (χ2n) is 4.82. The van der Waals surface area contributed by atoms with Gasteiger partial charge in [-0.15, -0.1) is 0 Å². The molecule has 110 valence electrons. The van der Waals surface area contributed by atoms with Crippen LogP contribution >= 0.6 is 0 Å². The molecular weight excluding hydrogens is 274 g/mol. The van der Waals surface area contributed by atoms with E-state index in [0.717, 1.165) is 17.7 Å². The topological polar surface area (TPSA) is 45.7 Å². The Balaban J connectivity index is 1.86. The van der Waals surface area contributed by atoms with E-state index in [1.165, 1.54) is 6.07 Å². The average molecular weight is 291 g/mol. The lowest BCUT2D eigenvalue weighted by Gasteiger charge is -2.11. The number of rotatable bonds is 5. The van der Waals surface area contributed by atoms with Gasteiger partial charge in [0.25, 0.3) is 5.91 Å². The number of carbonyl (C=O) groups is 1. The number of benzene rings is 2. The van der Waals surface area contributed by atoms with Crippen LogP contribution in [0.1, 0.15) is 18.5 Å². The predicted molar refractivity (Wildman–Crippen MR) is 76.6 cm³/mol. The maximum atomic E-state index is 13.0. The number of carbonyl (C=O) groups excluding carboxylic acids is 1. The summed E-state index contributed by atoms with van der Waals surface area (Å²) in [5, 5.41) is 4.42. The van der Waals surface area contributed by atoms with Crippen LogP contribution < -0.4 is 10.6 Å². The standard InChI is InChI=1S/C16H16F2N2O/c1-11(12-5-3-2-4-6-12)19-10-16(21)20-13-7-8-14(17)15(18)9-13/h2-9,11,19H,10H2,1H3,(H,20,21)/p+1/t11-/m1/s1. The van der Waals surface area contributed by atoms with Gasteiger partial charge in [0.2, 0.25) is 0 Å². The Kier molecular flexibility index (Phi) is 5.00. The summed E-state index contributed by atoms with van der Waals surface area (Å²) in [4.78, 5) is 11.8. The largest absolute Gasteiger partial charge is 0.333 e. The Labute approximate surface area is 122 Å². The van der Waals surface area contributed by atoms with Crippen molar-refractivity contribution < 1.29 is 18.9 Å². The van der Waals surface area contributed by atoms with Crippen molar-refractivity contribution >= 4 is 11.6 Å². The molecule has 0 heterocycles. The van der Waals surface area contributed by atoms with Crippen molar-refractivity contribution in [3.8, 4) is 0 Å². The molecule has 2 rings (SSSR count). The van der Waals surface area contributed by atoms with E-state index < -0.39 is 11.6 Å². The first kappa shape index (κ1) is 15.1. The third kappa shape index (κ3) is 4.36. The molecule has 0 radical (unpaired) electrons. The molecule has 5 heteroatoms. The molecule has 0 saturated heterocycles. The van der Waals surface area contributed by atoms with Crippen molar-refractivity contribution in [2.45, 2.75) is 13.0 Å². The second-order valence-corrected chi connectivity index (χ2v) is 4.82. The molecule has 0 bridgehead atoms. The third-order valence-corrected chi connectivity index (χ3v) is 3.19. The number of hydrogen-bond acceptors (Lipinski definition) is 1. The molecule has 1 amide bonds. The summed E-state index contributed by atoms with van der Waals surface area (Å²) in [5.41, 5.74) is 1.37. The molecular formula is C16H17F2N2O+. The highest BCUT2D eigenvalue weighted by atomic mass is 19.2. The summed E-state index contributed by atoms with van der Waals surface area (Å²) < 4.78 is 25.8. The number of nitrogens with one attached hydrogen (secondary N) is 1. The van der Waals surface area contributed by atoms with E-state index >= 15 is 0 Å². The zero-order chi connectivity index (χ0) is 15.2. The molecule has 0 saturated carbocycles. The molecule has 0 aliphatic carbocycles. The monoisotopic (exact) mass is 291 g/mol. The number of halogens is 2. The molecule has 0 aliphatic rings. The van der Waals surface area contributed by atoms with E-state index in [0.29, 0.717) is 0 Å². The Bertz CT molecular complexity index is 617. The van der Waals surface area contributed by atoms with E-state index in [1.54, 1.807) is 0 Å². The number of nitrogens with two attached hydrogens (primary N) is 1. The van der Waals surface area contributed by atoms with Crippen molar-refractivity contribution in [2.75, 3.05) is 11.9 Å². The lowest BCUT2D eigenvalue weighted by atomic mass is 10.1. The molecule has 0 fully saturated rings. The highest BCUT2D eigenvalue weighted by Gasteiger charge is 2.12. The minimum Gasteiger partial charge on any atom is -0.333 e. The summed E-state index contributed by atoms with van der Waals surface area (Å²) >= 11 is 0. The second kappa shape index (κ2) is 6.95. The lowest BCUT2D eigenvalue weighted by molar-refractivity contribution is -0.682. The van der Waals surface area contributed by atoms with Crippen LogP contribution in [-0.4, -0.2) is 12.5 Å². The van der Waals surface area contributed by atoms with Gasteiger partial charge < -0.3 is 10.6 Å². The van der Waals surface area contributed by atoms with Crippen LogP contribution in [0.15, 0.2) is 48.5 Å². The Hall–Kier alpha value is -2.27. The van der Waals surface area contributed by atoms with Gasteiger partial charge in [-0.1, -0.05) is 30.3 Å². The van der Waals surface area contributed by atoms with E-state index in [9.17, 15) is 13.6 Å². The molecule has 3 N–H and O–H groups in total. The Morgan fingerprint density at radius 2 is 1.86 bits per heavy atom. The summed E-state index contributed by atoms with van der Waals surface area (Å²) in [6, 6.07) is 13.2. The fourth-order valence-corrected chi connectivity index (χ4v) is 1.96. The van der Waals surface area contributed by atoms with Crippen LogP contribution in [0.2, 0.25) is 0 Å². The summed E-state index contributed by atoms with van der Waals surface area (Å²) in [7, 11) is 0. The van der Waals surface area contributed by atoms with Gasteiger partial charge in [-0.05, 0) is 19.1 Å². The quantitative estimate of drug-likeness (QED) is 0.872. The smallest absolute Gasteiger partial charge is 0.279 e. The summed E-state index contributed by atoms with van der Waals surface area (Å²) in [5.74, 6) is -2.17.